The number of nitrogens with one attached hydrogen (secondary N) is 1. The molecule has 1 N–H and O–H groups in total. The van der Waals surface area contributed by atoms with Gasteiger partial charge in [0.25, 0.3) is 0 Å². The number of hydrogen-bond acceptors (Lipinski definition) is 2. The summed E-state index contributed by atoms with van der Waals surface area (Å²) in [6.45, 7) is 4.05. The van der Waals surface area contributed by atoms with E-state index in [-0.39, 0.29) is 0 Å². The van der Waals surface area contributed by atoms with Crippen LogP contribution in [0, 0.1) is 0 Å². The first-order valence-corrected chi connectivity index (χ1v) is 6.18. The molecule has 1 aromatic heterocycles. The predicted octanol–water partition coefficient (Wildman–Crippen LogP) is 3.14. The second kappa shape index (κ2) is 6.09. The molecule has 0 atom stereocenters. The number of nitrogens with zero attached hydrogens (tertiary/aromatic N) is 2. The molecule has 0 aliphatic heterocycles. The Morgan fingerprint density at radius 1 is 1.24 bits per heavy atom. The van der Waals surface area contributed by atoms with Gasteiger partial charge in [0, 0.05) is 12.7 Å². The number of anilines is 1. The molecule has 2 aromatic rings. The van der Waals surface area contributed by atoms with Gasteiger partial charge >= 0.3 is 0 Å². The molecular formula is C14H19N3. The predicted molar refractivity (Wildman–Crippen MR) is 71.2 cm³/mol. The summed E-state index contributed by atoms with van der Waals surface area (Å²) in [6.07, 6.45) is 6.36. The minimum absolute atomic E-state index is 0.830. The van der Waals surface area contributed by atoms with Crippen LogP contribution in [-0.4, -0.2) is 16.3 Å². The first-order chi connectivity index (χ1) is 8.38. The number of aromatic nitrogens is 2. The average molecular weight is 229 g/mol. The van der Waals surface area contributed by atoms with Gasteiger partial charge in [0.05, 0.1) is 18.4 Å². The van der Waals surface area contributed by atoms with Crippen LogP contribution < -0.4 is 5.32 Å². The van der Waals surface area contributed by atoms with Gasteiger partial charge in [-0.2, -0.15) is 5.10 Å². The van der Waals surface area contributed by atoms with Crippen molar-refractivity contribution >= 4 is 5.69 Å². The van der Waals surface area contributed by atoms with Crippen molar-refractivity contribution in [1.29, 1.82) is 0 Å². The zero-order valence-electron chi connectivity index (χ0n) is 10.3. The molecule has 17 heavy (non-hydrogen) atoms. The molecule has 0 fully saturated rings. The van der Waals surface area contributed by atoms with E-state index in [1.807, 2.05) is 16.9 Å². The Labute approximate surface area is 102 Å². The minimum Gasteiger partial charge on any atom is -0.383 e. The van der Waals surface area contributed by atoms with Crippen LogP contribution in [0.3, 0.4) is 0 Å². The third-order valence-corrected chi connectivity index (χ3v) is 2.68. The lowest BCUT2D eigenvalue weighted by Crippen LogP contribution is -2.01. The zero-order valence-corrected chi connectivity index (χ0v) is 10.3. The SMILES string of the molecule is CCCCNc1cnn(Cc2ccccc2)c1. The summed E-state index contributed by atoms with van der Waals surface area (Å²) in [5.41, 5.74) is 2.38. The van der Waals surface area contributed by atoms with Gasteiger partial charge in [0.2, 0.25) is 0 Å². The summed E-state index contributed by atoms with van der Waals surface area (Å²) in [6, 6.07) is 10.4. The van der Waals surface area contributed by atoms with Gasteiger partial charge < -0.3 is 5.32 Å². The van der Waals surface area contributed by atoms with Crippen LogP contribution in [0.4, 0.5) is 5.69 Å². The topological polar surface area (TPSA) is 29.9 Å². The van der Waals surface area contributed by atoms with E-state index in [9.17, 15) is 0 Å². The van der Waals surface area contributed by atoms with Gasteiger partial charge in [-0.1, -0.05) is 43.7 Å². The van der Waals surface area contributed by atoms with E-state index in [4.69, 9.17) is 0 Å². The molecule has 0 amide bonds. The van der Waals surface area contributed by atoms with Crippen molar-refractivity contribution in [2.75, 3.05) is 11.9 Å². The molecule has 0 aliphatic carbocycles. The highest BCUT2D eigenvalue weighted by atomic mass is 15.3. The standard InChI is InChI=1S/C14H19N3/c1-2-3-9-15-14-10-16-17(12-14)11-13-7-5-4-6-8-13/h4-8,10,12,15H,2-3,9,11H2,1H3. The monoisotopic (exact) mass is 229 g/mol. The Kier molecular flexibility index (Phi) is 4.19. The molecule has 1 heterocycles. The summed E-state index contributed by atoms with van der Waals surface area (Å²) < 4.78 is 1.96. The third-order valence-electron chi connectivity index (χ3n) is 2.68. The Morgan fingerprint density at radius 3 is 2.82 bits per heavy atom. The molecule has 90 valence electrons. The molecule has 0 aliphatic rings. The number of hydrogen-bond donors (Lipinski definition) is 1. The van der Waals surface area contributed by atoms with E-state index in [0.29, 0.717) is 0 Å². The molecule has 0 saturated carbocycles. The van der Waals surface area contributed by atoms with Crippen LogP contribution in [0.1, 0.15) is 25.3 Å². The van der Waals surface area contributed by atoms with Gasteiger partial charge in [0.1, 0.15) is 0 Å². The summed E-state index contributed by atoms with van der Waals surface area (Å²) in [7, 11) is 0. The van der Waals surface area contributed by atoms with Crippen LogP contribution in [-0.2, 0) is 6.54 Å². The molecule has 2 rings (SSSR count). The molecule has 3 heteroatoms. The van der Waals surface area contributed by atoms with E-state index in [0.717, 1.165) is 18.8 Å². The lowest BCUT2D eigenvalue weighted by molar-refractivity contribution is 0.687. The molecule has 0 spiro atoms. The van der Waals surface area contributed by atoms with Crippen molar-refractivity contribution in [3.05, 3.63) is 48.3 Å². The summed E-state index contributed by atoms with van der Waals surface area (Å²) >= 11 is 0. The van der Waals surface area contributed by atoms with Crippen LogP contribution >= 0.6 is 0 Å². The number of unbranched alkanes of at least 4 members (excludes halogenated alkanes) is 1. The van der Waals surface area contributed by atoms with Crippen LogP contribution in [0.5, 0.6) is 0 Å². The minimum atomic E-state index is 0.830. The van der Waals surface area contributed by atoms with Gasteiger partial charge in [-0.25, -0.2) is 0 Å². The maximum Gasteiger partial charge on any atom is 0.0726 e. The zero-order chi connectivity index (χ0) is 11.9. The van der Waals surface area contributed by atoms with Gasteiger partial charge in [0.15, 0.2) is 0 Å². The highest BCUT2D eigenvalue weighted by Gasteiger charge is 1.98. The molecule has 3 nitrogen and oxygen atoms in total. The Morgan fingerprint density at radius 2 is 2.06 bits per heavy atom. The largest absolute Gasteiger partial charge is 0.383 e. The highest BCUT2D eigenvalue weighted by molar-refractivity contribution is 5.38. The Bertz CT molecular complexity index is 434. The summed E-state index contributed by atoms with van der Waals surface area (Å²) in [4.78, 5) is 0. The molecule has 0 saturated heterocycles. The molecule has 1 aromatic carbocycles. The van der Waals surface area contributed by atoms with Crippen molar-refractivity contribution in [1.82, 2.24) is 9.78 Å². The van der Waals surface area contributed by atoms with Crippen molar-refractivity contribution in [2.45, 2.75) is 26.3 Å². The first-order valence-electron chi connectivity index (χ1n) is 6.18. The maximum absolute atomic E-state index is 4.34. The lowest BCUT2D eigenvalue weighted by Gasteiger charge is -2.02. The van der Waals surface area contributed by atoms with E-state index >= 15 is 0 Å². The maximum atomic E-state index is 4.34. The van der Waals surface area contributed by atoms with E-state index < -0.39 is 0 Å². The van der Waals surface area contributed by atoms with Gasteiger partial charge in [-0.3, -0.25) is 4.68 Å². The summed E-state index contributed by atoms with van der Waals surface area (Å²) in [5, 5.41) is 7.71. The second-order valence-corrected chi connectivity index (χ2v) is 4.19. The quantitative estimate of drug-likeness (QED) is 0.771. The van der Waals surface area contributed by atoms with E-state index in [2.05, 4.69) is 47.8 Å². The van der Waals surface area contributed by atoms with Crippen LogP contribution in [0.2, 0.25) is 0 Å². The Balaban J connectivity index is 1.90. The fraction of sp³-hybridized carbons (Fsp3) is 0.357. The Hall–Kier alpha value is -1.77. The van der Waals surface area contributed by atoms with Gasteiger partial charge in [-0.05, 0) is 12.0 Å². The average Bonchev–Trinajstić information content (AvgIpc) is 2.79. The van der Waals surface area contributed by atoms with Crippen molar-refractivity contribution in [2.24, 2.45) is 0 Å². The lowest BCUT2D eigenvalue weighted by atomic mass is 10.2. The molecule has 0 bridgehead atoms. The highest BCUT2D eigenvalue weighted by Crippen LogP contribution is 2.08. The summed E-state index contributed by atoms with van der Waals surface area (Å²) in [5.74, 6) is 0. The van der Waals surface area contributed by atoms with E-state index in [1.165, 1.54) is 18.4 Å². The smallest absolute Gasteiger partial charge is 0.0726 e. The number of rotatable bonds is 6. The first kappa shape index (κ1) is 11.7. The van der Waals surface area contributed by atoms with Crippen LogP contribution in [0.15, 0.2) is 42.7 Å². The van der Waals surface area contributed by atoms with Crippen molar-refractivity contribution < 1.29 is 0 Å². The van der Waals surface area contributed by atoms with Crippen molar-refractivity contribution in [3.63, 3.8) is 0 Å². The molecule has 0 unspecified atom stereocenters. The fourth-order valence-corrected chi connectivity index (χ4v) is 1.72. The normalized spacial score (nSPS) is 10.4. The molecular weight excluding hydrogens is 210 g/mol. The third kappa shape index (κ3) is 3.63. The molecule has 0 radical (unpaired) electrons. The van der Waals surface area contributed by atoms with Crippen molar-refractivity contribution in [3.8, 4) is 0 Å². The second-order valence-electron chi connectivity index (χ2n) is 4.19. The fourth-order valence-electron chi connectivity index (χ4n) is 1.72. The van der Waals surface area contributed by atoms with Crippen LogP contribution in [0.25, 0.3) is 0 Å². The van der Waals surface area contributed by atoms with Gasteiger partial charge in [-0.15, -0.1) is 0 Å². The number of benzene rings is 1. The van der Waals surface area contributed by atoms with E-state index in [1.54, 1.807) is 0 Å².